The van der Waals surface area contributed by atoms with E-state index in [0.29, 0.717) is 0 Å². The van der Waals surface area contributed by atoms with E-state index in [1.807, 2.05) is 0 Å². The molecule has 1 N–H and O–H groups in total. The molecule has 1 aromatic carbocycles. The zero-order valence-corrected chi connectivity index (χ0v) is 15.8. The molecule has 0 aliphatic carbocycles. The van der Waals surface area contributed by atoms with E-state index in [1.165, 1.54) is 19.2 Å². The molecule has 0 radical (unpaired) electrons. The first-order valence-electron chi connectivity index (χ1n) is 6.81. The van der Waals surface area contributed by atoms with E-state index >= 15 is 0 Å². The quantitative estimate of drug-likeness (QED) is 0.325. The molecule has 0 spiro atoms. The third kappa shape index (κ3) is 4.01. The average molecular weight is 469 g/mol. The maximum absolute atomic E-state index is 13.8. The van der Waals surface area contributed by atoms with Crippen molar-refractivity contribution >= 4 is 20.4 Å². The molecular weight excluding hydrogens is 455 g/mol. The molecule has 4 nitrogen and oxygen atoms in total. The number of methoxy groups -OCH3 is 1. The summed E-state index contributed by atoms with van der Waals surface area (Å²) in [5.74, 6) is -14.4. The summed E-state index contributed by atoms with van der Waals surface area (Å²) in [5, 5.41) is -6.84. The highest BCUT2D eigenvalue weighted by Crippen LogP contribution is 2.57. The second kappa shape index (κ2) is 7.16. The number of hydrogen-bond donors (Lipinski definition) is 0. The van der Waals surface area contributed by atoms with E-state index in [4.69, 9.17) is 4.74 Å². The third-order valence-corrected chi connectivity index (χ3v) is 7.97. The minimum Gasteiger partial charge on any atom is -0.497 e. The number of alkyl halides is 9. The first-order valence-corrected chi connectivity index (χ1v) is 10.7. The summed E-state index contributed by atoms with van der Waals surface area (Å²) < 4.78 is 147. The molecule has 28 heavy (non-hydrogen) atoms. The molecule has 0 unspecified atom stereocenters. The summed E-state index contributed by atoms with van der Waals surface area (Å²) in [4.78, 5) is -0.0708. The van der Waals surface area contributed by atoms with E-state index in [9.17, 15) is 47.9 Å². The fraction of sp³-hybridized carbons (Fsp3) is 0.538. The van der Waals surface area contributed by atoms with Gasteiger partial charge in [-0.05, 0) is 24.3 Å². The van der Waals surface area contributed by atoms with Crippen LogP contribution in [0.2, 0.25) is 0 Å². The molecule has 15 heteroatoms. The Morgan fingerprint density at radius 3 is 1.61 bits per heavy atom. The lowest BCUT2D eigenvalue weighted by Crippen LogP contribution is -2.63. The summed E-state index contributed by atoms with van der Waals surface area (Å²) >= 11 is 0. The lowest BCUT2D eigenvalue weighted by molar-refractivity contribution is -0.382. The molecule has 0 saturated carbocycles. The largest absolute Gasteiger partial charge is 0.497 e. The number of benzene rings is 1. The SMILES string of the molecule is COc1ccc(S(C)(C)[OH+]S(=O)(=O)C(F)(F)C(F)(F)C(F)(F)C(F)(F)F)cc1. The molecular formula is C13H14F9O4S2+. The van der Waals surface area contributed by atoms with Crippen molar-refractivity contribution in [3.05, 3.63) is 24.3 Å². The maximum Gasteiger partial charge on any atom is 0.486 e. The molecule has 0 bridgehead atoms. The van der Waals surface area contributed by atoms with Gasteiger partial charge in [-0.3, -0.25) is 3.63 Å². The van der Waals surface area contributed by atoms with Gasteiger partial charge in [0, 0.05) is 22.8 Å². The Kier molecular flexibility index (Phi) is 6.31. The highest BCUT2D eigenvalue weighted by molar-refractivity contribution is 8.31. The van der Waals surface area contributed by atoms with Crippen molar-refractivity contribution in [2.24, 2.45) is 0 Å². The second-order valence-electron chi connectivity index (χ2n) is 5.66. The zero-order valence-electron chi connectivity index (χ0n) is 14.2. The number of halogens is 9. The number of rotatable bonds is 7. The van der Waals surface area contributed by atoms with Crippen molar-refractivity contribution in [1.29, 1.82) is 0 Å². The zero-order chi connectivity index (χ0) is 22.4. The van der Waals surface area contributed by atoms with Crippen LogP contribution in [0.4, 0.5) is 39.5 Å². The monoisotopic (exact) mass is 469 g/mol. The van der Waals surface area contributed by atoms with Crippen LogP contribution in [0.25, 0.3) is 0 Å². The van der Waals surface area contributed by atoms with Crippen LogP contribution in [0, 0.1) is 0 Å². The topological polar surface area (TPSA) is 56.2 Å². The Labute approximate surface area is 155 Å². The Hall–Kier alpha value is -1.35. The molecule has 0 aliphatic rings. The number of ether oxygens (including phenoxy) is 1. The highest BCUT2D eigenvalue weighted by atomic mass is 32.3. The van der Waals surface area contributed by atoms with Gasteiger partial charge in [0.15, 0.2) is 0 Å². The minimum atomic E-state index is -7.33. The molecule has 1 rings (SSSR count). The normalized spacial score (nSPS) is 15.4. The van der Waals surface area contributed by atoms with Gasteiger partial charge in [0.25, 0.3) is 0 Å². The van der Waals surface area contributed by atoms with Crippen molar-refractivity contribution in [2.45, 2.75) is 28.2 Å². The van der Waals surface area contributed by atoms with Crippen LogP contribution in [0.1, 0.15) is 0 Å². The van der Waals surface area contributed by atoms with Crippen molar-refractivity contribution < 1.29 is 56.3 Å². The molecule has 0 heterocycles. The number of hydrogen-bond acceptors (Lipinski definition) is 3. The fourth-order valence-electron chi connectivity index (χ4n) is 1.77. The van der Waals surface area contributed by atoms with Gasteiger partial charge >= 0.3 is 33.4 Å². The van der Waals surface area contributed by atoms with Crippen molar-refractivity contribution in [3.8, 4) is 5.75 Å². The van der Waals surface area contributed by atoms with Gasteiger partial charge < -0.3 is 4.74 Å². The fourth-order valence-corrected chi connectivity index (χ4v) is 5.70. The van der Waals surface area contributed by atoms with Crippen molar-refractivity contribution in [2.75, 3.05) is 19.6 Å². The van der Waals surface area contributed by atoms with Crippen LogP contribution < -0.4 is 4.74 Å². The van der Waals surface area contributed by atoms with Gasteiger partial charge in [0.1, 0.15) is 5.75 Å². The Morgan fingerprint density at radius 2 is 1.25 bits per heavy atom. The van der Waals surface area contributed by atoms with Crippen LogP contribution in [0.3, 0.4) is 0 Å². The highest BCUT2D eigenvalue weighted by Gasteiger charge is 2.87. The van der Waals surface area contributed by atoms with E-state index in [-0.39, 0.29) is 10.6 Å². The van der Waals surface area contributed by atoms with Gasteiger partial charge in [0.2, 0.25) is 0 Å². The molecule has 0 aromatic heterocycles. The molecule has 1 aromatic rings. The Balaban J connectivity index is 3.35. The lowest BCUT2D eigenvalue weighted by Gasteiger charge is -2.33. The van der Waals surface area contributed by atoms with Gasteiger partial charge in [-0.15, -0.1) is 8.42 Å². The van der Waals surface area contributed by atoms with Crippen LogP contribution in [-0.2, 0) is 10.1 Å². The van der Waals surface area contributed by atoms with Crippen LogP contribution in [-0.4, -0.2) is 54.9 Å². The summed E-state index contributed by atoms with van der Waals surface area (Å²) in [6.07, 6.45) is -5.27. The van der Waals surface area contributed by atoms with E-state index in [2.05, 4.69) is 3.63 Å². The van der Waals surface area contributed by atoms with Gasteiger partial charge in [-0.2, -0.15) is 39.5 Å². The Bertz CT molecular complexity index is 802. The van der Waals surface area contributed by atoms with Gasteiger partial charge in [-0.25, -0.2) is 0 Å². The second-order valence-corrected chi connectivity index (χ2v) is 10.7. The summed E-state index contributed by atoms with van der Waals surface area (Å²) in [7, 11) is -8.77. The summed E-state index contributed by atoms with van der Waals surface area (Å²) in [6, 6.07) is 4.79. The van der Waals surface area contributed by atoms with E-state index in [1.54, 1.807) is 0 Å². The van der Waals surface area contributed by atoms with Crippen molar-refractivity contribution in [3.63, 3.8) is 0 Å². The standard InChI is InChI=1S/C13H13F9O4S2/c1-25-8-4-6-9(7-5-8)27(2,3)26-28(23,24)13(21,22)11(16,17)10(14,15)12(18,19)20/h4-7H,1-3H3/p+1. The van der Waals surface area contributed by atoms with Crippen LogP contribution in [0.15, 0.2) is 29.2 Å². The summed E-state index contributed by atoms with van der Waals surface area (Å²) in [6.45, 7) is 0. The first-order chi connectivity index (χ1) is 12.2. The third-order valence-electron chi connectivity index (χ3n) is 3.36. The molecule has 0 fully saturated rings. The van der Waals surface area contributed by atoms with E-state index in [0.717, 1.165) is 24.6 Å². The first kappa shape index (κ1) is 24.7. The lowest BCUT2D eigenvalue weighted by atomic mass is 10.1. The molecule has 164 valence electrons. The van der Waals surface area contributed by atoms with E-state index < -0.39 is 43.7 Å². The molecule has 0 atom stereocenters. The van der Waals surface area contributed by atoms with Gasteiger partial charge in [-0.1, -0.05) is 0 Å². The van der Waals surface area contributed by atoms with Gasteiger partial charge in [0.05, 0.1) is 12.0 Å². The maximum atomic E-state index is 13.8. The molecule has 0 saturated heterocycles. The summed E-state index contributed by atoms with van der Waals surface area (Å²) in [5.41, 5.74) is 0. The smallest absolute Gasteiger partial charge is 0.486 e. The Morgan fingerprint density at radius 1 is 0.821 bits per heavy atom. The minimum absolute atomic E-state index is 0.0708. The van der Waals surface area contributed by atoms with Crippen LogP contribution >= 0.6 is 10.3 Å². The molecule has 0 amide bonds. The molecule has 0 aliphatic heterocycles. The predicted molar refractivity (Wildman–Crippen MR) is 83.1 cm³/mol. The average Bonchev–Trinajstić information content (AvgIpc) is 2.52. The van der Waals surface area contributed by atoms with Crippen LogP contribution in [0.5, 0.6) is 5.75 Å². The predicted octanol–water partition coefficient (Wildman–Crippen LogP) is 4.88. The van der Waals surface area contributed by atoms with Crippen molar-refractivity contribution in [1.82, 2.24) is 0 Å².